The van der Waals surface area contributed by atoms with E-state index in [-0.39, 0.29) is 0 Å². The molecule has 0 aromatic carbocycles. The lowest BCUT2D eigenvalue weighted by Crippen LogP contribution is -2.44. The van der Waals surface area contributed by atoms with Crippen LogP contribution in [-0.4, -0.2) is 92.9 Å². The zero-order valence-electron chi connectivity index (χ0n) is 21.2. The predicted molar refractivity (Wildman–Crippen MR) is 141 cm³/mol. The van der Waals surface area contributed by atoms with Gasteiger partial charge in [0, 0.05) is 65.4 Å². The molecule has 10 nitrogen and oxygen atoms in total. The van der Waals surface area contributed by atoms with E-state index < -0.39 is 0 Å². The number of anilines is 1. The normalized spacial score (nSPS) is 17.1. The predicted octanol–water partition coefficient (Wildman–Crippen LogP) is 2.87. The average molecular weight is 486 g/mol. The van der Waals surface area contributed by atoms with E-state index in [0.29, 0.717) is 12.3 Å². The summed E-state index contributed by atoms with van der Waals surface area (Å²) in [7, 11) is 6.22. The fourth-order valence-electron chi connectivity index (χ4n) is 5.05. The third-order valence-corrected chi connectivity index (χ3v) is 6.98. The topological polar surface area (TPSA) is 91.2 Å². The second-order valence-electron chi connectivity index (χ2n) is 9.53. The molecule has 186 valence electrons. The molecule has 1 saturated heterocycles. The van der Waals surface area contributed by atoms with E-state index in [1.54, 1.807) is 0 Å². The van der Waals surface area contributed by atoms with Crippen molar-refractivity contribution >= 4 is 33.5 Å². The van der Waals surface area contributed by atoms with Crippen molar-refractivity contribution in [2.75, 3.05) is 58.3 Å². The number of nitrogens with one attached hydrogen (secondary N) is 1. The van der Waals surface area contributed by atoms with Crippen molar-refractivity contribution in [2.45, 2.75) is 6.92 Å². The molecule has 0 unspecified atom stereocenters. The first-order chi connectivity index (χ1) is 17.5. The number of imidazole rings is 1. The van der Waals surface area contributed by atoms with Gasteiger partial charge in [0.15, 0.2) is 17.1 Å². The molecule has 6 heterocycles. The number of likely N-dealkylation sites (N-methyl/N-ethyl adjacent to an activating group) is 2. The number of nitrogens with zero attached hydrogens (tertiary/aromatic N) is 8. The van der Waals surface area contributed by atoms with Crippen molar-refractivity contribution in [3.63, 3.8) is 0 Å². The van der Waals surface area contributed by atoms with E-state index in [0.717, 1.165) is 83.4 Å². The molecular weight excluding hydrogens is 454 g/mol. The summed E-state index contributed by atoms with van der Waals surface area (Å²) in [5.74, 6) is 1.65. The van der Waals surface area contributed by atoms with Gasteiger partial charge in [0.1, 0.15) is 17.0 Å². The summed E-state index contributed by atoms with van der Waals surface area (Å²) < 4.78 is 7.80. The number of aromatic nitrogens is 6. The average Bonchev–Trinajstić information content (AvgIpc) is 3.44. The van der Waals surface area contributed by atoms with Gasteiger partial charge in [0.25, 0.3) is 0 Å². The Kier molecular flexibility index (Phi) is 5.60. The largest absolute Gasteiger partial charge is 0.492 e. The van der Waals surface area contributed by atoms with Gasteiger partial charge in [-0.05, 0) is 43.3 Å². The van der Waals surface area contributed by atoms with Crippen LogP contribution < -0.4 is 4.90 Å². The van der Waals surface area contributed by atoms with Crippen LogP contribution in [0.15, 0.2) is 42.6 Å². The van der Waals surface area contributed by atoms with Gasteiger partial charge in [-0.3, -0.25) is 5.10 Å². The summed E-state index contributed by atoms with van der Waals surface area (Å²) >= 11 is 0. The van der Waals surface area contributed by atoms with Crippen LogP contribution in [0, 0.1) is 0 Å². The first-order valence-electron chi connectivity index (χ1n) is 12.4. The highest BCUT2D eigenvalue weighted by Gasteiger charge is 2.23. The number of allylic oxidation sites excluding steroid dienone is 1. The fraction of sp³-hybridized carbons (Fsp3) is 0.385. The Morgan fingerprint density at radius 2 is 1.92 bits per heavy atom. The number of pyridine rings is 2. The SMILES string of the molecule is CCOC1=CN(C)CC(c2cnc3n[nH]c(-c4nc5c(N6CCN(C)CC6)ccnc5n4C)c3c2)=C1. The van der Waals surface area contributed by atoms with Gasteiger partial charge in [0.05, 0.1) is 17.7 Å². The van der Waals surface area contributed by atoms with Crippen LogP contribution in [0.4, 0.5) is 5.69 Å². The molecule has 4 aromatic rings. The Balaban J connectivity index is 1.42. The van der Waals surface area contributed by atoms with E-state index >= 15 is 0 Å². The number of ether oxygens (including phenoxy) is 1. The Labute approximate surface area is 209 Å². The Morgan fingerprint density at radius 1 is 1.08 bits per heavy atom. The van der Waals surface area contributed by atoms with Crippen molar-refractivity contribution < 1.29 is 4.74 Å². The minimum absolute atomic E-state index is 0.628. The van der Waals surface area contributed by atoms with Crippen molar-refractivity contribution in [3.05, 3.63) is 48.1 Å². The number of H-pyrrole nitrogens is 1. The van der Waals surface area contributed by atoms with Crippen LogP contribution >= 0.6 is 0 Å². The van der Waals surface area contributed by atoms with E-state index in [2.05, 4.69) is 60.1 Å². The van der Waals surface area contributed by atoms with Crippen LogP contribution in [0.5, 0.6) is 0 Å². The van der Waals surface area contributed by atoms with E-state index in [4.69, 9.17) is 9.72 Å². The van der Waals surface area contributed by atoms with Crippen LogP contribution in [0.25, 0.3) is 39.3 Å². The summed E-state index contributed by atoms with van der Waals surface area (Å²) in [5, 5.41) is 8.61. The lowest BCUT2D eigenvalue weighted by Gasteiger charge is -2.34. The zero-order chi connectivity index (χ0) is 24.8. The van der Waals surface area contributed by atoms with Crippen molar-refractivity contribution in [3.8, 4) is 11.5 Å². The van der Waals surface area contributed by atoms with Gasteiger partial charge in [-0.1, -0.05) is 0 Å². The summed E-state index contributed by atoms with van der Waals surface area (Å²) in [6, 6.07) is 4.22. The second kappa shape index (κ2) is 8.94. The third-order valence-electron chi connectivity index (χ3n) is 6.98. The van der Waals surface area contributed by atoms with E-state index in [9.17, 15) is 0 Å². The first kappa shape index (κ1) is 22.5. The molecule has 0 radical (unpaired) electrons. The van der Waals surface area contributed by atoms with E-state index in [1.807, 2.05) is 44.2 Å². The number of aryl methyl sites for hydroxylation is 1. The molecule has 0 saturated carbocycles. The molecule has 2 aliphatic rings. The maximum Gasteiger partial charge on any atom is 0.181 e. The number of piperazine rings is 1. The zero-order valence-corrected chi connectivity index (χ0v) is 21.2. The van der Waals surface area contributed by atoms with Gasteiger partial charge in [-0.2, -0.15) is 5.10 Å². The number of aromatic amines is 1. The maximum absolute atomic E-state index is 5.76. The first-order valence-corrected chi connectivity index (χ1v) is 12.4. The van der Waals surface area contributed by atoms with Crippen LogP contribution in [0.1, 0.15) is 12.5 Å². The van der Waals surface area contributed by atoms with Gasteiger partial charge in [-0.25, -0.2) is 15.0 Å². The summed E-state index contributed by atoms with van der Waals surface area (Å²) in [4.78, 5) is 21.3. The standard InChI is InChI=1S/C26H31N9O/c1-5-36-19-12-18(15-33(3)16-19)17-13-20-22(30-31-24(20)28-14-17)26-29-23-21(6-7-27-25(23)34(26)4)35-10-8-32(2)9-11-35/h6-7,12-14,16H,5,8-11,15H2,1-4H3,(H,28,30,31). The lowest BCUT2D eigenvalue weighted by atomic mass is 10.0. The van der Waals surface area contributed by atoms with Crippen LogP contribution in [0.3, 0.4) is 0 Å². The molecule has 1 fully saturated rings. The highest BCUT2D eigenvalue weighted by atomic mass is 16.5. The monoisotopic (exact) mass is 485 g/mol. The maximum atomic E-state index is 5.76. The van der Waals surface area contributed by atoms with Gasteiger partial charge < -0.3 is 24.0 Å². The van der Waals surface area contributed by atoms with Crippen molar-refractivity contribution in [2.24, 2.45) is 7.05 Å². The molecule has 36 heavy (non-hydrogen) atoms. The Morgan fingerprint density at radius 3 is 2.72 bits per heavy atom. The second-order valence-corrected chi connectivity index (χ2v) is 9.53. The molecule has 1 N–H and O–H groups in total. The minimum atomic E-state index is 0.628. The molecule has 2 aliphatic heterocycles. The smallest absolute Gasteiger partial charge is 0.181 e. The molecule has 0 aliphatic carbocycles. The quantitative estimate of drug-likeness (QED) is 0.462. The molecule has 0 amide bonds. The molecule has 0 spiro atoms. The summed E-state index contributed by atoms with van der Waals surface area (Å²) in [5.41, 5.74) is 6.59. The van der Waals surface area contributed by atoms with Crippen molar-refractivity contribution in [1.82, 2.24) is 39.5 Å². The molecule has 0 bridgehead atoms. The number of fused-ring (bicyclic) bond motifs is 2. The molecule has 0 atom stereocenters. The number of rotatable bonds is 5. The molecular formula is C26H31N9O. The minimum Gasteiger partial charge on any atom is -0.492 e. The van der Waals surface area contributed by atoms with Gasteiger partial charge in [0.2, 0.25) is 0 Å². The Hall–Kier alpha value is -3.92. The van der Waals surface area contributed by atoms with Crippen molar-refractivity contribution in [1.29, 1.82) is 0 Å². The Bertz CT molecular complexity index is 1490. The summed E-state index contributed by atoms with van der Waals surface area (Å²) in [6.07, 6.45) is 7.87. The van der Waals surface area contributed by atoms with E-state index in [1.165, 1.54) is 0 Å². The lowest BCUT2D eigenvalue weighted by molar-refractivity contribution is 0.232. The third kappa shape index (κ3) is 3.87. The highest BCUT2D eigenvalue weighted by molar-refractivity contribution is 5.95. The van der Waals surface area contributed by atoms with Crippen LogP contribution in [0.2, 0.25) is 0 Å². The van der Waals surface area contributed by atoms with Gasteiger partial charge in [-0.15, -0.1) is 0 Å². The number of hydrogen-bond donors (Lipinski definition) is 1. The molecule has 10 heteroatoms. The van der Waals surface area contributed by atoms with Crippen LogP contribution in [-0.2, 0) is 11.8 Å². The molecule has 4 aromatic heterocycles. The summed E-state index contributed by atoms with van der Waals surface area (Å²) in [6.45, 7) is 7.43. The fourth-order valence-corrected chi connectivity index (χ4v) is 5.05. The highest BCUT2D eigenvalue weighted by Crippen LogP contribution is 2.33. The van der Waals surface area contributed by atoms with Gasteiger partial charge >= 0.3 is 0 Å². The molecule has 6 rings (SSSR count). The number of hydrogen-bond acceptors (Lipinski definition) is 8.